The van der Waals surface area contributed by atoms with Gasteiger partial charge in [-0.25, -0.2) is 0 Å². The highest BCUT2D eigenvalue weighted by Gasteiger charge is 2.15. The molecule has 0 saturated heterocycles. The smallest absolute Gasteiger partial charge is 0.251 e. The first kappa shape index (κ1) is 16.5. The van der Waals surface area contributed by atoms with Crippen molar-refractivity contribution >= 4 is 11.6 Å². The van der Waals surface area contributed by atoms with Crippen molar-refractivity contribution in [3.63, 3.8) is 0 Å². The summed E-state index contributed by atoms with van der Waals surface area (Å²) in [5.74, 6) is 0.463. The molecule has 0 spiro atoms. The summed E-state index contributed by atoms with van der Waals surface area (Å²) >= 11 is 0. The second-order valence-electron chi connectivity index (χ2n) is 5.77. The van der Waals surface area contributed by atoms with Gasteiger partial charge in [-0.15, -0.1) is 0 Å². The van der Waals surface area contributed by atoms with Crippen molar-refractivity contribution in [2.45, 2.75) is 46.7 Å². The Balaban J connectivity index is 2.92. The Morgan fingerprint density at radius 3 is 2.45 bits per heavy atom. The van der Waals surface area contributed by atoms with Crippen LogP contribution in [0, 0.1) is 12.8 Å². The molecule has 0 bridgehead atoms. The van der Waals surface area contributed by atoms with Crippen LogP contribution >= 0.6 is 0 Å². The number of nitrogens with two attached hydrogens (primary N) is 1. The van der Waals surface area contributed by atoms with Crippen molar-refractivity contribution < 1.29 is 4.79 Å². The molecule has 0 fully saturated rings. The van der Waals surface area contributed by atoms with Crippen molar-refractivity contribution in [1.29, 1.82) is 0 Å². The largest absolute Gasteiger partial charge is 0.382 e. The van der Waals surface area contributed by atoms with Crippen molar-refractivity contribution in [3.8, 4) is 0 Å². The Hall–Kier alpha value is -1.55. The van der Waals surface area contributed by atoms with Crippen molar-refractivity contribution in [2.24, 2.45) is 11.7 Å². The van der Waals surface area contributed by atoms with Crippen LogP contribution in [0.4, 0.5) is 5.69 Å². The Bertz CT molecular complexity index is 457. The Morgan fingerprint density at radius 2 is 1.90 bits per heavy atom. The van der Waals surface area contributed by atoms with Gasteiger partial charge in [0.15, 0.2) is 0 Å². The van der Waals surface area contributed by atoms with E-state index in [0.717, 1.165) is 11.3 Å². The molecule has 4 N–H and O–H groups in total. The molecule has 0 aliphatic carbocycles. The van der Waals surface area contributed by atoms with Crippen LogP contribution in [-0.4, -0.2) is 24.5 Å². The van der Waals surface area contributed by atoms with E-state index in [1.807, 2.05) is 32.0 Å². The second-order valence-corrected chi connectivity index (χ2v) is 5.77. The minimum absolute atomic E-state index is 0.0203. The minimum atomic E-state index is -0.0682. The molecule has 1 amide bonds. The lowest BCUT2D eigenvalue weighted by Gasteiger charge is -2.21. The molecule has 20 heavy (non-hydrogen) atoms. The van der Waals surface area contributed by atoms with E-state index < -0.39 is 0 Å². The van der Waals surface area contributed by atoms with Gasteiger partial charge in [0.1, 0.15) is 0 Å². The molecule has 1 aromatic carbocycles. The van der Waals surface area contributed by atoms with Crippen molar-refractivity contribution in [1.82, 2.24) is 5.32 Å². The molecule has 0 aromatic heterocycles. The third-order valence-corrected chi connectivity index (χ3v) is 3.69. The number of carbonyl (C=O) groups excluding carboxylic acids is 1. The third-order valence-electron chi connectivity index (χ3n) is 3.69. The molecule has 4 heteroatoms. The van der Waals surface area contributed by atoms with E-state index >= 15 is 0 Å². The van der Waals surface area contributed by atoms with Gasteiger partial charge in [0.25, 0.3) is 5.91 Å². The van der Waals surface area contributed by atoms with Gasteiger partial charge in [-0.1, -0.05) is 19.9 Å². The van der Waals surface area contributed by atoms with Crippen LogP contribution in [0.15, 0.2) is 18.2 Å². The first-order valence-electron chi connectivity index (χ1n) is 7.23. The van der Waals surface area contributed by atoms with Crippen molar-refractivity contribution in [2.75, 3.05) is 11.9 Å². The first-order chi connectivity index (χ1) is 9.36. The van der Waals surface area contributed by atoms with Gasteiger partial charge >= 0.3 is 0 Å². The van der Waals surface area contributed by atoms with E-state index in [1.165, 1.54) is 0 Å². The maximum atomic E-state index is 12.2. The monoisotopic (exact) mass is 277 g/mol. The van der Waals surface area contributed by atoms with Gasteiger partial charge in [0, 0.05) is 29.9 Å². The SMILES string of the molecule is Cc1c(NC(C)C(C)C)cccc1C(=O)N[C@@H](C)CN. The number of nitrogens with one attached hydrogen (secondary N) is 2. The van der Waals surface area contributed by atoms with Crippen molar-refractivity contribution in [3.05, 3.63) is 29.3 Å². The summed E-state index contributed by atoms with van der Waals surface area (Å²) < 4.78 is 0. The number of anilines is 1. The van der Waals surface area contributed by atoms with Gasteiger partial charge in [0.2, 0.25) is 0 Å². The van der Waals surface area contributed by atoms with E-state index in [-0.39, 0.29) is 11.9 Å². The Kier molecular flexibility index (Phi) is 6.02. The highest BCUT2D eigenvalue weighted by atomic mass is 16.1. The average Bonchev–Trinajstić information content (AvgIpc) is 2.40. The molecule has 0 aliphatic rings. The minimum Gasteiger partial charge on any atom is -0.382 e. The number of amides is 1. The van der Waals surface area contributed by atoms with Gasteiger partial charge in [0.05, 0.1) is 0 Å². The molecular weight excluding hydrogens is 250 g/mol. The summed E-state index contributed by atoms with van der Waals surface area (Å²) in [5.41, 5.74) is 8.23. The molecule has 112 valence electrons. The number of benzene rings is 1. The van der Waals surface area contributed by atoms with E-state index in [2.05, 4.69) is 31.4 Å². The zero-order valence-electron chi connectivity index (χ0n) is 13.2. The maximum absolute atomic E-state index is 12.2. The highest BCUT2D eigenvalue weighted by molar-refractivity contribution is 5.97. The lowest BCUT2D eigenvalue weighted by atomic mass is 10.0. The standard InChI is InChI=1S/C16H27N3O/c1-10(2)13(5)19-15-8-6-7-14(12(15)4)16(20)18-11(3)9-17/h6-8,10-11,13,19H,9,17H2,1-5H3,(H,18,20)/t11-,13?/m0/s1. The molecule has 4 nitrogen and oxygen atoms in total. The fraction of sp³-hybridized carbons (Fsp3) is 0.562. The van der Waals surface area contributed by atoms with Crippen LogP contribution in [0.3, 0.4) is 0 Å². The molecule has 1 unspecified atom stereocenters. The molecule has 0 aliphatic heterocycles. The summed E-state index contributed by atoms with van der Waals surface area (Å²) in [7, 11) is 0. The Labute approximate surface area is 122 Å². The van der Waals surface area contributed by atoms with Crippen LogP contribution in [0.2, 0.25) is 0 Å². The van der Waals surface area contributed by atoms with E-state index in [9.17, 15) is 4.79 Å². The molecule has 0 radical (unpaired) electrons. The van der Waals surface area contributed by atoms with E-state index in [0.29, 0.717) is 24.1 Å². The summed E-state index contributed by atoms with van der Waals surface area (Å²) in [5, 5.41) is 6.37. The average molecular weight is 277 g/mol. The van der Waals surface area contributed by atoms with Crippen LogP contribution in [-0.2, 0) is 0 Å². The predicted octanol–water partition coefficient (Wildman–Crippen LogP) is 2.53. The van der Waals surface area contributed by atoms with Crippen LogP contribution < -0.4 is 16.4 Å². The number of rotatable bonds is 6. The zero-order valence-corrected chi connectivity index (χ0v) is 13.2. The lowest BCUT2D eigenvalue weighted by molar-refractivity contribution is 0.0940. The van der Waals surface area contributed by atoms with E-state index in [1.54, 1.807) is 0 Å². The highest BCUT2D eigenvalue weighted by Crippen LogP contribution is 2.21. The fourth-order valence-electron chi connectivity index (χ4n) is 1.81. The zero-order chi connectivity index (χ0) is 15.3. The molecule has 1 rings (SSSR count). The number of carbonyl (C=O) groups is 1. The number of hydrogen-bond acceptors (Lipinski definition) is 3. The quantitative estimate of drug-likeness (QED) is 0.748. The van der Waals surface area contributed by atoms with Gasteiger partial charge in [-0.3, -0.25) is 4.79 Å². The predicted molar refractivity (Wildman–Crippen MR) is 85.1 cm³/mol. The summed E-state index contributed by atoms with van der Waals surface area (Å²) in [6.07, 6.45) is 0. The molecule has 0 saturated carbocycles. The van der Waals surface area contributed by atoms with Gasteiger partial charge < -0.3 is 16.4 Å². The number of hydrogen-bond donors (Lipinski definition) is 3. The summed E-state index contributed by atoms with van der Waals surface area (Å²) in [6, 6.07) is 6.10. The van der Waals surface area contributed by atoms with Crippen LogP contribution in [0.5, 0.6) is 0 Å². The van der Waals surface area contributed by atoms with Gasteiger partial charge in [-0.2, -0.15) is 0 Å². The van der Waals surface area contributed by atoms with Crippen LogP contribution in [0.1, 0.15) is 43.6 Å². The molecule has 0 heterocycles. The normalized spacial score (nSPS) is 13.9. The first-order valence-corrected chi connectivity index (χ1v) is 7.23. The molecule has 1 aromatic rings. The Morgan fingerprint density at radius 1 is 1.25 bits per heavy atom. The van der Waals surface area contributed by atoms with E-state index in [4.69, 9.17) is 5.73 Å². The third kappa shape index (κ3) is 4.23. The second kappa shape index (κ2) is 7.29. The lowest BCUT2D eigenvalue weighted by Crippen LogP contribution is -2.38. The fourth-order valence-corrected chi connectivity index (χ4v) is 1.81. The molecule has 2 atom stereocenters. The summed E-state index contributed by atoms with van der Waals surface area (Å²) in [4.78, 5) is 12.2. The van der Waals surface area contributed by atoms with Crippen LogP contribution in [0.25, 0.3) is 0 Å². The summed E-state index contributed by atoms with van der Waals surface area (Å²) in [6.45, 7) is 10.8. The maximum Gasteiger partial charge on any atom is 0.251 e. The molecular formula is C16H27N3O. The topological polar surface area (TPSA) is 67.2 Å². The van der Waals surface area contributed by atoms with Gasteiger partial charge in [-0.05, 0) is 44.4 Å².